The molecule has 7 nitrogen and oxygen atoms in total. The van der Waals surface area contributed by atoms with E-state index in [1.54, 1.807) is 63.2 Å². The summed E-state index contributed by atoms with van der Waals surface area (Å²) in [4.78, 5) is 12.8. The number of nitrogens with one attached hydrogen (secondary N) is 1. The molecule has 2 rings (SSSR count). The van der Waals surface area contributed by atoms with E-state index in [9.17, 15) is 18.3 Å². The Morgan fingerprint density at radius 2 is 1.81 bits per heavy atom. The fourth-order valence-corrected chi connectivity index (χ4v) is 3.79. The highest BCUT2D eigenvalue weighted by Crippen LogP contribution is 2.27. The molecule has 0 heterocycles. The van der Waals surface area contributed by atoms with E-state index >= 15 is 0 Å². The average Bonchev–Trinajstić information content (AvgIpc) is 2.44. The van der Waals surface area contributed by atoms with Crippen LogP contribution in [0.2, 0.25) is 0 Å². The van der Waals surface area contributed by atoms with Crippen LogP contribution >= 0.6 is 0 Å². The zero-order valence-electron chi connectivity index (χ0n) is 14.9. The number of carbonyl (C=O) groups is 1. The van der Waals surface area contributed by atoms with Gasteiger partial charge in [-0.05, 0) is 56.7 Å². The van der Waals surface area contributed by atoms with Gasteiger partial charge in [0.15, 0.2) is 0 Å². The molecule has 0 bridgehead atoms. The molecule has 0 atom stereocenters. The summed E-state index contributed by atoms with van der Waals surface area (Å²) in [6.07, 6.45) is -1.11. The first-order valence-corrected chi connectivity index (χ1v) is 9.61. The molecule has 140 valence electrons. The zero-order chi connectivity index (χ0) is 19.5. The number of carboxylic acid groups (broad SMARTS) is 1. The predicted molar refractivity (Wildman–Crippen MR) is 104 cm³/mol. The number of nitrogens with two attached hydrogens (primary N) is 1. The van der Waals surface area contributed by atoms with E-state index in [0.717, 1.165) is 0 Å². The molecule has 0 aliphatic heterocycles. The number of benzene rings is 2. The van der Waals surface area contributed by atoms with Crippen molar-refractivity contribution in [3.8, 4) is 0 Å². The first-order chi connectivity index (χ1) is 12.0. The van der Waals surface area contributed by atoms with Crippen LogP contribution in [0.3, 0.4) is 0 Å². The summed E-state index contributed by atoms with van der Waals surface area (Å²) >= 11 is 0. The molecular formula is C18H23N3O4S. The second-order valence-corrected chi connectivity index (χ2v) is 8.67. The molecule has 0 spiro atoms. The van der Waals surface area contributed by atoms with Crippen molar-refractivity contribution in [2.45, 2.75) is 32.1 Å². The molecule has 1 amide bonds. The van der Waals surface area contributed by atoms with E-state index < -0.39 is 21.7 Å². The molecule has 0 saturated heterocycles. The maximum atomic E-state index is 12.4. The maximum Gasteiger partial charge on any atom is 0.412 e. The standard InChI is InChI=1S/C18H23N3O4S/c1-18(2,3)21(17(22)23)16-9-5-8-15(11-16)20-26(24,25)12-13-6-4-7-14(19)10-13/h4-11,20H,12,19H2,1-3H3,(H,22,23). The molecule has 2 aromatic carbocycles. The van der Waals surface area contributed by atoms with Crippen molar-refractivity contribution in [1.82, 2.24) is 0 Å². The molecule has 0 aliphatic carbocycles. The normalized spacial score (nSPS) is 11.8. The van der Waals surface area contributed by atoms with E-state index in [1.165, 1.54) is 11.0 Å². The molecule has 0 radical (unpaired) electrons. The Morgan fingerprint density at radius 1 is 1.15 bits per heavy atom. The highest BCUT2D eigenvalue weighted by molar-refractivity contribution is 7.91. The third-order valence-electron chi connectivity index (χ3n) is 3.55. The monoisotopic (exact) mass is 377 g/mol. The molecular weight excluding hydrogens is 354 g/mol. The number of rotatable bonds is 5. The van der Waals surface area contributed by atoms with Crippen molar-refractivity contribution in [2.24, 2.45) is 0 Å². The van der Waals surface area contributed by atoms with E-state index in [4.69, 9.17) is 5.73 Å². The Morgan fingerprint density at radius 3 is 2.38 bits per heavy atom. The van der Waals surface area contributed by atoms with Crippen LogP contribution in [0.5, 0.6) is 0 Å². The zero-order valence-corrected chi connectivity index (χ0v) is 15.7. The molecule has 4 N–H and O–H groups in total. The van der Waals surface area contributed by atoms with Crippen LogP contribution in [-0.2, 0) is 15.8 Å². The minimum atomic E-state index is -3.67. The Kier molecular flexibility index (Phi) is 5.46. The Balaban J connectivity index is 2.26. The summed E-state index contributed by atoms with van der Waals surface area (Å²) in [7, 11) is -3.67. The minimum Gasteiger partial charge on any atom is -0.465 e. The first-order valence-electron chi connectivity index (χ1n) is 7.96. The van der Waals surface area contributed by atoms with Gasteiger partial charge in [-0.3, -0.25) is 9.62 Å². The second kappa shape index (κ2) is 7.25. The van der Waals surface area contributed by atoms with Gasteiger partial charge in [-0.2, -0.15) is 0 Å². The number of nitrogen functional groups attached to an aromatic ring is 1. The van der Waals surface area contributed by atoms with Crippen molar-refractivity contribution in [3.63, 3.8) is 0 Å². The van der Waals surface area contributed by atoms with Gasteiger partial charge in [-0.25, -0.2) is 13.2 Å². The van der Waals surface area contributed by atoms with Crippen LogP contribution in [-0.4, -0.2) is 25.2 Å². The van der Waals surface area contributed by atoms with E-state index in [1.807, 2.05) is 0 Å². The molecule has 8 heteroatoms. The summed E-state index contributed by atoms with van der Waals surface area (Å²) in [5, 5.41) is 9.48. The van der Waals surface area contributed by atoms with Crippen LogP contribution in [0.4, 0.5) is 21.9 Å². The van der Waals surface area contributed by atoms with Crippen LogP contribution in [0, 0.1) is 0 Å². The molecule has 0 saturated carbocycles. The van der Waals surface area contributed by atoms with E-state index in [-0.39, 0.29) is 5.75 Å². The van der Waals surface area contributed by atoms with Gasteiger partial charge in [0.25, 0.3) is 0 Å². The predicted octanol–water partition coefficient (Wildman–Crippen LogP) is 3.49. The van der Waals surface area contributed by atoms with Crippen LogP contribution in [0.25, 0.3) is 0 Å². The third kappa shape index (κ3) is 5.13. The summed E-state index contributed by atoms with van der Waals surface area (Å²) < 4.78 is 27.3. The van der Waals surface area contributed by atoms with Gasteiger partial charge in [-0.15, -0.1) is 0 Å². The maximum absolute atomic E-state index is 12.4. The SMILES string of the molecule is CC(C)(C)N(C(=O)O)c1cccc(NS(=O)(=O)Cc2cccc(N)c2)c1. The van der Waals surface area contributed by atoms with Crippen molar-refractivity contribution >= 4 is 33.2 Å². The highest BCUT2D eigenvalue weighted by Gasteiger charge is 2.28. The molecule has 0 unspecified atom stereocenters. The summed E-state index contributed by atoms with van der Waals surface area (Å²) in [5.41, 5.74) is 6.73. The van der Waals surface area contributed by atoms with Gasteiger partial charge < -0.3 is 10.8 Å². The third-order valence-corrected chi connectivity index (χ3v) is 4.81. The van der Waals surface area contributed by atoms with E-state index in [2.05, 4.69) is 4.72 Å². The lowest BCUT2D eigenvalue weighted by atomic mass is 10.1. The Hall–Kier alpha value is -2.74. The summed E-state index contributed by atoms with van der Waals surface area (Å²) in [6, 6.07) is 12.9. The lowest BCUT2D eigenvalue weighted by molar-refractivity contribution is 0.195. The van der Waals surface area contributed by atoms with Gasteiger partial charge in [0.2, 0.25) is 10.0 Å². The molecule has 0 aliphatic rings. The number of anilines is 3. The van der Waals surface area contributed by atoms with Gasteiger partial charge in [0, 0.05) is 16.9 Å². The van der Waals surface area contributed by atoms with Gasteiger partial charge in [-0.1, -0.05) is 18.2 Å². The topological polar surface area (TPSA) is 113 Å². The highest BCUT2D eigenvalue weighted by atomic mass is 32.2. The van der Waals surface area contributed by atoms with Gasteiger partial charge >= 0.3 is 6.09 Å². The number of hydrogen-bond acceptors (Lipinski definition) is 4. The smallest absolute Gasteiger partial charge is 0.412 e. The number of hydrogen-bond donors (Lipinski definition) is 3. The fourth-order valence-electron chi connectivity index (χ4n) is 2.61. The minimum absolute atomic E-state index is 0.232. The summed E-state index contributed by atoms with van der Waals surface area (Å²) in [5.74, 6) is -0.232. The van der Waals surface area contributed by atoms with Crippen molar-refractivity contribution < 1.29 is 18.3 Å². The van der Waals surface area contributed by atoms with Crippen LogP contribution < -0.4 is 15.4 Å². The molecule has 2 aromatic rings. The summed E-state index contributed by atoms with van der Waals surface area (Å²) in [6.45, 7) is 5.29. The van der Waals surface area contributed by atoms with Crippen molar-refractivity contribution in [2.75, 3.05) is 15.4 Å². The quantitative estimate of drug-likeness (QED) is 0.690. The molecule has 0 aromatic heterocycles. The number of amides is 1. The van der Waals surface area contributed by atoms with Crippen LogP contribution in [0.15, 0.2) is 48.5 Å². The van der Waals surface area contributed by atoms with Crippen molar-refractivity contribution in [1.29, 1.82) is 0 Å². The fraction of sp³-hybridized carbons (Fsp3) is 0.278. The Bertz CT molecular complexity index is 905. The second-order valence-electron chi connectivity index (χ2n) is 6.95. The lowest BCUT2D eigenvalue weighted by Gasteiger charge is -2.33. The van der Waals surface area contributed by atoms with Crippen molar-refractivity contribution in [3.05, 3.63) is 54.1 Å². The van der Waals surface area contributed by atoms with Crippen LogP contribution in [0.1, 0.15) is 26.3 Å². The van der Waals surface area contributed by atoms with E-state index in [0.29, 0.717) is 22.6 Å². The average molecular weight is 377 g/mol. The largest absolute Gasteiger partial charge is 0.465 e. The lowest BCUT2D eigenvalue weighted by Crippen LogP contribution is -2.45. The number of nitrogens with zero attached hydrogens (tertiary/aromatic N) is 1. The van der Waals surface area contributed by atoms with Gasteiger partial charge in [0.1, 0.15) is 0 Å². The molecule has 26 heavy (non-hydrogen) atoms. The Labute approximate surface area is 153 Å². The number of sulfonamides is 1. The molecule has 0 fully saturated rings. The van der Waals surface area contributed by atoms with Gasteiger partial charge in [0.05, 0.1) is 11.4 Å². The first kappa shape index (κ1) is 19.6.